The Hall–Kier alpha value is -1.48. The number of hydrogen-bond acceptors (Lipinski definition) is 5. The molecule has 0 spiro atoms. The highest BCUT2D eigenvalue weighted by Gasteiger charge is 2.32. The summed E-state index contributed by atoms with van der Waals surface area (Å²) in [6.07, 6.45) is 1.49. The van der Waals surface area contributed by atoms with Crippen LogP contribution in [0.5, 0.6) is 0 Å². The van der Waals surface area contributed by atoms with Gasteiger partial charge in [0.25, 0.3) is 5.91 Å². The van der Waals surface area contributed by atoms with Crippen molar-refractivity contribution in [2.75, 3.05) is 33.4 Å². The van der Waals surface area contributed by atoms with Gasteiger partial charge in [-0.05, 0) is 57.0 Å². The molecule has 26 heavy (non-hydrogen) atoms. The van der Waals surface area contributed by atoms with Gasteiger partial charge in [0.1, 0.15) is 0 Å². The summed E-state index contributed by atoms with van der Waals surface area (Å²) in [6.45, 7) is 6.08. The lowest BCUT2D eigenvalue weighted by Crippen LogP contribution is -2.41. The summed E-state index contributed by atoms with van der Waals surface area (Å²) in [5.74, 6) is 0.175. The number of amides is 1. The smallest absolute Gasteiger partial charge is 0.253 e. The third-order valence-electron chi connectivity index (χ3n) is 5.28. The number of nitrogens with zero attached hydrogens (tertiary/aromatic N) is 1. The average Bonchev–Trinajstić information content (AvgIpc) is 3.18. The fraction of sp³-hybridized carbons (Fsp3) is 0.611. The third-order valence-corrected chi connectivity index (χ3v) is 6.82. The highest BCUT2D eigenvalue weighted by atomic mass is 32.2. The molecule has 0 atom stereocenters. The minimum atomic E-state index is -3.61. The van der Waals surface area contributed by atoms with E-state index in [9.17, 15) is 13.2 Å². The van der Waals surface area contributed by atoms with Gasteiger partial charge in [0.2, 0.25) is 10.0 Å². The highest BCUT2D eigenvalue weighted by molar-refractivity contribution is 7.89. The lowest BCUT2D eigenvalue weighted by Gasteiger charge is -2.34. The molecule has 1 aromatic carbocycles. The van der Waals surface area contributed by atoms with Crippen LogP contribution >= 0.6 is 0 Å². The van der Waals surface area contributed by atoms with Crippen LogP contribution in [-0.4, -0.2) is 58.9 Å². The zero-order chi connectivity index (χ0) is 18.9. The number of piperidine rings is 1. The van der Waals surface area contributed by atoms with Gasteiger partial charge in [-0.3, -0.25) is 4.79 Å². The summed E-state index contributed by atoms with van der Waals surface area (Å²) in [6, 6.07) is 3.24. The Labute approximate surface area is 154 Å². The van der Waals surface area contributed by atoms with Crippen LogP contribution in [0.15, 0.2) is 17.0 Å². The van der Waals surface area contributed by atoms with Crippen LogP contribution in [0.2, 0.25) is 0 Å². The van der Waals surface area contributed by atoms with Crippen LogP contribution in [0.3, 0.4) is 0 Å². The quantitative estimate of drug-likeness (QED) is 0.852. The lowest BCUT2D eigenvalue weighted by atomic mass is 9.95. The number of likely N-dealkylation sites (tertiary alicyclic amines) is 1. The van der Waals surface area contributed by atoms with Gasteiger partial charge in [0.05, 0.1) is 18.1 Å². The molecule has 144 valence electrons. The van der Waals surface area contributed by atoms with Gasteiger partial charge in [-0.25, -0.2) is 13.1 Å². The van der Waals surface area contributed by atoms with E-state index in [0.717, 1.165) is 18.4 Å². The van der Waals surface area contributed by atoms with E-state index in [2.05, 4.69) is 4.72 Å². The first-order chi connectivity index (χ1) is 12.3. The Morgan fingerprint density at radius 1 is 1.15 bits per heavy atom. The van der Waals surface area contributed by atoms with Crippen molar-refractivity contribution in [2.24, 2.45) is 5.92 Å². The molecule has 3 rings (SSSR count). The van der Waals surface area contributed by atoms with Crippen molar-refractivity contribution in [1.82, 2.24) is 9.62 Å². The number of aryl methyl sites for hydroxylation is 1. The largest absolute Gasteiger partial charge is 0.350 e. The second kappa shape index (κ2) is 7.64. The summed E-state index contributed by atoms with van der Waals surface area (Å²) >= 11 is 0. The average molecular weight is 382 g/mol. The van der Waals surface area contributed by atoms with Gasteiger partial charge in [-0.2, -0.15) is 0 Å². The van der Waals surface area contributed by atoms with Gasteiger partial charge in [-0.15, -0.1) is 0 Å². The first kappa shape index (κ1) is 19.3. The number of ether oxygens (including phenoxy) is 2. The third kappa shape index (κ3) is 3.78. The van der Waals surface area contributed by atoms with Crippen LogP contribution in [0.4, 0.5) is 0 Å². The zero-order valence-electron chi connectivity index (χ0n) is 15.4. The Morgan fingerprint density at radius 3 is 2.35 bits per heavy atom. The standard InChI is InChI=1S/C18H26N2O5S/c1-12-10-15(11-16(13(12)2)26(22,23)19-3)17(21)20-6-4-14(5-7-20)18-24-8-9-25-18/h10-11,14,18-19H,4-9H2,1-3H3. The topological polar surface area (TPSA) is 84.9 Å². The second-order valence-corrected chi connectivity index (χ2v) is 8.72. The van der Waals surface area contributed by atoms with E-state index in [0.29, 0.717) is 43.3 Å². The Balaban J connectivity index is 1.76. The fourth-order valence-corrected chi connectivity index (χ4v) is 4.61. The van der Waals surface area contributed by atoms with Crippen LogP contribution in [0.25, 0.3) is 0 Å². The van der Waals surface area contributed by atoms with Crippen molar-refractivity contribution in [3.8, 4) is 0 Å². The van der Waals surface area contributed by atoms with E-state index in [-0.39, 0.29) is 17.1 Å². The fourth-order valence-electron chi connectivity index (χ4n) is 3.55. The van der Waals surface area contributed by atoms with Crippen molar-refractivity contribution >= 4 is 15.9 Å². The number of hydrogen-bond donors (Lipinski definition) is 1. The predicted octanol–water partition coefficient (Wildman–Crippen LogP) is 1.44. The maximum absolute atomic E-state index is 12.9. The number of carbonyl (C=O) groups excluding carboxylic acids is 1. The van der Waals surface area contributed by atoms with Crippen LogP contribution in [0.1, 0.15) is 34.3 Å². The minimum Gasteiger partial charge on any atom is -0.350 e. The summed E-state index contributed by atoms with van der Waals surface area (Å²) in [5.41, 5.74) is 1.85. The molecule has 0 radical (unpaired) electrons. The molecule has 2 aliphatic rings. The number of nitrogens with one attached hydrogen (secondary N) is 1. The van der Waals surface area contributed by atoms with E-state index in [1.165, 1.54) is 13.1 Å². The molecule has 7 nitrogen and oxygen atoms in total. The van der Waals surface area contributed by atoms with Gasteiger partial charge in [0.15, 0.2) is 6.29 Å². The molecule has 2 aliphatic heterocycles. The zero-order valence-corrected chi connectivity index (χ0v) is 16.3. The minimum absolute atomic E-state index is 0.132. The monoisotopic (exact) mass is 382 g/mol. The van der Waals surface area contributed by atoms with Crippen molar-refractivity contribution in [2.45, 2.75) is 37.9 Å². The molecule has 0 aromatic heterocycles. The molecule has 2 saturated heterocycles. The van der Waals surface area contributed by atoms with Crippen LogP contribution in [0, 0.1) is 19.8 Å². The summed E-state index contributed by atoms with van der Waals surface area (Å²) in [5, 5.41) is 0. The molecule has 8 heteroatoms. The number of benzene rings is 1. The van der Waals surface area contributed by atoms with Crippen molar-refractivity contribution in [1.29, 1.82) is 0 Å². The molecule has 0 bridgehead atoms. The van der Waals surface area contributed by atoms with Gasteiger partial charge in [-0.1, -0.05) is 0 Å². The van der Waals surface area contributed by atoms with E-state index < -0.39 is 10.0 Å². The van der Waals surface area contributed by atoms with Crippen molar-refractivity contribution in [3.63, 3.8) is 0 Å². The molecule has 1 aromatic rings. The number of carbonyl (C=O) groups is 1. The molecule has 0 unspecified atom stereocenters. The van der Waals surface area contributed by atoms with E-state index in [1.807, 2.05) is 6.92 Å². The van der Waals surface area contributed by atoms with Gasteiger partial charge in [0, 0.05) is 24.6 Å². The summed E-state index contributed by atoms with van der Waals surface area (Å²) in [7, 11) is -2.24. The number of sulfonamides is 1. The summed E-state index contributed by atoms with van der Waals surface area (Å²) < 4.78 is 38.0. The molecular weight excluding hydrogens is 356 g/mol. The van der Waals surface area contributed by atoms with Gasteiger partial charge >= 0.3 is 0 Å². The molecule has 1 amide bonds. The molecule has 0 aliphatic carbocycles. The maximum atomic E-state index is 12.9. The van der Waals surface area contributed by atoms with E-state index in [1.54, 1.807) is 17.9 Å². The first-order valence-electron chi connectivity index (χ1n) is 8.91. The lowest BCUT2D eigenvalue weighted by molar-refractivity contribution is -0.0956. The Kier molecular flexibility index (Phi) is 5.67. The molecule has 1 N–H and O–H groups in total. The normalized spacial score (nSPS) is 19.9. The summed E-state index contributed by atoms with van der Waals surface area (Å²) in [4.78, 5) is 14.8. The molecular formula is C18H26N2O5S. The predicted molar refractivity (Wildman–Crippen MR) is 96.5 cm³/mol. The van der Waals surface area contributed by atoms with E-state index >= 15 is 0 Å². The maximum Gasteiger partial charge on any atom is 0.253 e. The SMILES string of the molecule is CNS(=O)(=O)c1cc(C(=O)N2CCC(C3OCCO3)CC2)cc(C)c1C. The number of rotatable bonds is 4. The second-order valence-electron chi connectivity index (χ2n) is 6.86. The van der Waals surface area contributed by atoms with Gasteiger partial charge < -0.3 is 14.4 Å². The Morgan fingerprint density at radius 2 is 1.77 bits per heavy atom. The molecule has 2 fully saturated rings. The highest BCUT2D eigenvalue weighted by Crippen LogP contribution is 2.28. The van der Waals surface area contributed by atoms with Crippen molar-refractivity contribution < 1.29 is 22.7 Å². The Bertz CT molecular complexity index is 779. The van der Waals surface area contributed by atoms with Crippen LogP contribution < -0.4 is 4.72 Å². The first-order valence-corrected chi connectivity index (χ1v) is 10.4. The van der Waals surface area contributed by atoms with E-state index in [4.69, 9.17) is 9.47 Å². The van der Waals surface area contributed by atoms with Crippen molar-refractivity contribution in [3.05, 3.63) is 28.8 Å². The molecule has 0 saturated carbocycles. The molecule has 2 heterocycles. The van der Waals surface area contributed by atoms with Crippen LogP contribution in [-0.2, 0) is 19.5 Å².